The highest BCUT2D eigenvalue weighted by atomic mass is 16.2. The second-order valence-corrected chi connectivity index (χ2v) is 4.74. The monoisotopic (exact) mass is 224 g/mol. The zero-order chi connectivity index (χ0) is 11.5. The summed E-state index contributed by atoms with van der Waals surface area (Å²) in [6, 6.07) is 0.125. The summed E-state index contributed by atoms with van der Waals surface area (Å²) in [5, 5.41) is 10.5. The van der Waals surface area contributed by atoms with E-state index in [2.05, 4.69) is 5.32 Å². The van der Waals surface area contributed by atoms with Crippen molar-refractivity contribution < 1.29 is 4.79 Å². The lowest BCUT2D eigenvalue weighted by molar-refractivity contribution is 0.162. The quantitative estimate of drug-likeness (QED) is 0.484. The molecule has 1 atom stereocenters. The van der Waals surface area contributed by atoms with Gasteiger partial charge in [-0.15, -0.1) is 0 Å². The summed E-state index contributed by atoms with van der Waals surface area (Å²) in [5.41, 5.74) is 5.53. The summed E-state index contributed by atoms with van der Waals surface area (Å²) in [5.74, 6) is 0.114. The molecule has 1 heterocycles. The van der Waals surface area contributed by atoms with Gasteiger partial charge in [0.2, 0.25) is 0 Å². The maximum absolute atomic E-state index is 12.0. The predicted octanol–water partition coefficient (Wildman–Crippen LogP) is 1.04. The fourth-order valence-electron chi connectivity index (χ4n) is 2.31. The minimum atomic E-state index is -0.186. The van der Waals surface area contributed by atoms with Gasteiger partial charge in [-0.1, -0.05) is 0 Å². The molecule has 0 radical (unpaired) electrons. The van der Waals surface area contributed by atoms with Crippen LogP contribution >= 0.6 is 0 Å². The molecule has 1 unspecified atom stereocenters. The number of carbonyl (C=O) groups is 1. The smallest absolute Gasteiger partial charge is 0.318 e. The molecule has 4 N–H and O–H groups in total. The number of amidine groups is 1. The van der Waals surface area contributed by atoms with Crippen molar-refractivity contribution in [3.05, 3.63) is 0 Å². The van der Waals surface area contributed by atoms with E-state index in [1.54, 1.807) is 4.90 Å². The van der Waals surface area contributed by atoms with Crippen LogP contribution in [0.1, 0.15) is 38.5 Å². The van der Waals surface area contributed by atoms with E-state index >= 15 is 0 Å². The molecular weight excluding hydrogens is 204 g/mol. The molecule has 2 fully saturated rings. The average molecular weight is 224 g/mol. The summed E-state index contributed by atoms with van der Waals surface area (Å²) in [6.45, 7) is 0.725. The highest BCUT2D eigenvalue weighted by Crippen LogP contribution is 2.21. The topological polar surface area (TPSA) is 82.2 Å². The molecule has 16 heavy (non-hydrogen) atoms. The maximum atomic E-state index is 12.0. The second kappa shape index (κ2) is 4.72. The normalized spacial score (nSPS) is 26.0. The molecule has 1 aliphatic carbocycles. The van der Waals surface area contributed by atoms with Crippen LogP contribution in [-0.2, 0) is 0 Å². The second-order valence-electron chi connectivity index (χ2n) is 4.74. The zero-order valence-electron chi connectivity index (χ0n) is 9.54. The Hall–Kier alpha value is -1.26. The van der Waals surface area contributed by atoms with Gasteiger partial charge in [0, 0.05) is 12.6 Å². The number of hydrogen-bond donors (Lipinski definition) is 3. The first-order chi connectivity index (χ1) is 7.68. The number of piperidine rings is 1. The summed E-state index contributed by atoms with van der Waals surface area (Å²) in [4.78, 5) is 13.7. The molecule has 0 aromatic rings. The largest absolute Gasteiger partial charge is 0.386 e. The Balaban J connectivity index is 1.93. The number of carbonyl (C=O) groups excluding carboxylic acids is 1. The van der Waals surface area contributed by atoms with Crippen molar-refractivity contribution in [2.45, 2.75) is 50.6 Å². The van der Waals surface area contributed by atoms with Gasteiger partial charge in [0.25, 0.3) is 0 Å². The lowest BCUT2D eigenvalue weighted by Gasteiger charge is -2.37. The molecule has 90 valence electrons. The molecule has 1 saturated heterocycles. The van der Waals surface area contributed by atoms with E-state index in [-0.39, 0.29) is 17.9 Å². The van der Waals surface area contributed by atoms with Gasteiger partial charge >= 0.3 is 6.03 Å². The van der Waals surface area contributed by atoms with Gasteiger partial charge in [-0.05, 0) is 38.5 Å². The van der Waals surface area contributed by atoms with Gasteiger partial charge in [0.1, 0.15) is 5.84 Å². The minimum absolute atomic E-state index is 0.0374. The van der Waals surface area contributed by atoms with E-state index in [4.69, 9.17) is 11.1 Å². The van der Waals surface area contributed by atoms with Crippen LogP contribution in [0.15, 0.2) is 0 Å². The summed E-state index contributed by atoms with van der Waals surface area (Å²) in [6.07, 6.45) is 6.28. The van der Waals surface area contributed by atoms with Gasteiger partial charge < -0.3 is 16.0 Å². The van der Waals surface area contributed by atoms with Gasteiger partial charge in [-0.25, -0.2) is 4.79 Å². The molecule has 2 amide bonds. The van der Waals surface area contributed by atoms with E-state index in [1.165, 1.54) is 6.42 Å². The van der Waals surface area contributed by atoms with Gasteiger partial charge in [-0.2, -0.15) is 0 Å². The summed E-state index contributed by atoms with van der Waals surface area (Å²) < 4.78 is 0. The van der Waals surface area contributed by atoms with Crippen LogP contribution in [0.2, 0.25) is 0 Å². The van der Waals surface area contributed by atoms with Crippen LogP contribution in [0.3, 0.4) is 0 Å². The van der Waals surface area contributed by atoms with Crippen molar-refractivity contribution in [3.8, 4) is 0 Å². The van der Waals surface area contributed by atoms with Crippen LogP contribution in [0.25, 0.3) is 0 Å². The zero-order valence-corrected chi connectivity index (χ0v) is 9.54. The number of urea groups is 1. The highest BCUT2D eigenvalue weighted by Gasteiger charge is 2.30. The van der Waals surface area contributed by atoms with E-state index in [0.29, 0.717) is 6.04 Å². The molecule has 1 aliphatic heterocycles. The van der Waals surface area contributed by atoms with Crippen molar-refractivity contribution in [1.82, 2.24) is 10.2 Å². The number of amides is 2. The van der Waals surface area contributed by atoms with Crippen molar-refractivity contribution in [2.75, 3.05) is 6.54 Å². The molecule has 0 bridgehead atoms. The van der Waals surface area contributed by atoms with Crippen LogP contribution in [-0.4, -0.2) is 35.4 Å². The van der Waals surface area contributed by atoms with Crippen molar-refractivity contribution in [3.63, 3.8) is 0 Å². The lowest BCUT2D eigenvalue weighted by atomic mass is 9.93. The third-order valence-electron chi connectivity index (χ3n) is 3.56. The number of rotatable bonds is 2. The number of likely N-dealkylation sites (tertiary alicyclic amines) is 1. The SMILES string of the molecule is N=C(N)C1CCCCN1C(=O)NC1CCC1. The Labute approximate surface area is 95.9 Å². The Kier molecular flexibility index (Phi) is 3.31. The van der Waals surface area contributed by atoms with Gasteiger partial charge in [-0.3, -0.25) is 5.41 Å². The number of hydrogen-bond acceptors (Lipinski definition) is 2. The van der Waals surface area contributed by atoms with E-state index in [1.807, 2.05) is 0 Å². The first-order valence-corrected chi connectivity index (χ1v) is 6.09. The van der Waals surface area contributed by atoms with Gasteiger partial charge in [0.05, 0.1) is 6.04 Å². The van der Waals surface area contributed by atoms with Crippen molar-refractivity contribution in [2.24, 2.45) is 5.73 Å². The Bertz CT molecular complexity index is 288. The molecule has 5 nitrogen and oxygen atoms in total. The Morgan fingerprint density at radius 3 is 2.56 bits per heavy atom. The van der Waals surface area contributed by atoms with Crippen LogP contribution in [0, 0.1) is 5.41 Å². The summed E-state index contributed by atoms with van der Waals surface area (Å²) >= 11 is 0. The van der Waals surface area contributed by atoms with Crippen molar-refractivity contribution >= 4 is 11.9 Å². The number of nitrogens with zero attached hydrogens (tertiary/aromatic N) is 1. The third-order valence-corrected chi connectivity index (χ3v) is 3.56. The Morgan fingerprint density at radius 1 is 1.25 bits per heavy atom. The molecular formula is C11H20N4O. The number of nitrogens with one attached hydrogen (secondary N) is 2. The predicted molar refractivity (Wildman–Crippen MR) is 62.4 cm³/mol. The van der Waals surface area contributed by atoms with E-state index < -0.39 is 0 Å². The fraction of sp³-hybridized carbons (Fsp3) is 0.818. The standard InChI is InChI=1S/C11H20N4O/c12-10(13)9-6-1-2-7-15(9)11(16)14-8-4-3-5-8/h8-9H,1-7H2,(H3,12,13)(H,14,16). The van der Waals surface area contributed by atoms with E-state index in [9.17, 15) is 4.79 Å². The molecule has 1 saturated carbocycles. The summed E-state index contributed by atoms with van der Waals surface area (Å²) in [7, 11) is 0. The third kappa shape index (κ3) is 2.28. The Morgan fingerprint density at radius 2 is 2.00 bits per heavy atom. The van der Waals surface area contributed by atoms with Gasteiger partial charge in [0.15, 0.2) is 0 Å². The maximum Gasteiger partial charge on any atom is 0.318 e. The first-order valence-electron chi connectivity index (χ1n) is 6.09. The molecule has 0 aromatic carbocycles. The fourth-order valence-corrected chi connectivity index (χ4v) is 2.31. The molecule has 0 aromatic heterocycles. The lowest BCUT2D eigenvalue weighted by Crippen LogP contribution is -2.56. The average Bonchev–Trinajstić information content (AvgIpc) is 2.23. The molecule has 5 heteroatoms. The van der Waals surface area contributed by atoms with Crippen molar-refractivity contribution in [1.29, 1.82) is 5.41 Å². The molecule has 2 rings (SSSR count). The minimum Gasteiger partial charge on any atom is -0.386 e. The first kappa shape index (κ1) is 11.2. The number of nitrogens with two attached hydrogens (primary N) is 1. The van der Waals surface area contributed by atoms with Crippen LogP contribution < -0.4 is 11.1 Å². The highest BCUT2D eigenvalue weighted by molar-refractivity contribution is 5.88. The van der Waals surface area contributed by atoms with E-state index in [0.717, 1.165) is 38.6 Å². The van der Waals surface area contributed by atoms with Crippen LogP contribution in [0.4, 0.5) is 4.79 Å². The molecule has 2 aliphatic rings. The van der Waals surface area contributed by atoms with Crippen LogP contribution in [0.5, 0.6) is 0 Å². The molecule has 0 spiro atoms.